The number of nitrogens with zero attached hydrogens (tertiary/aromatic N) is 2. The summed E-state index contributed by atoms with van der Waals surface area (Å²) in [5, 5.41) is 23.2. The number of carboxylic acid groups (broad SMARTS) is 1. The van der Waals surface area contributed by atoms with Crippen molar-refractivity contribution in [3.8, 4) is 22.9 Å². The maximum Gasteiger partial charge on any atom is 0.343 e. The quantitative estimate of drug-likeness (QED) is 0.220. The van der Waals surface area contributed by atoms with Crippen LogP contribution in [0.4, 0.5) is 0 Å². The fourth-order valence-electron chi connectivity index (χ4n) is 5.69. The van der Waals surface area contributed by atoms with Gasteiger partial charge in [0.2, 0.25) is 0 Å². The summed E-state index contributed by atoms with van der Waals surface area (Å²) < 4.78 is 18.6. The number of aliphatic hydroxyl groups is 1. The topological polar surface area (TPSA) is 149 Å². The van der Waals surface area contributed by atoms with Crippen molar-refractivity contribution in [2.75, 3.05) is 26.3 Å². The molecule has 2 atom stereocenters. The van der Waals surface area contributed by atoms with Gasteiger partial charge in [0.15, 0.2) is 17.1 Å². The SMILES string of the molecule is CC(=O)O.CCC(C)CNCCc1c2c(nc3cc4c(cc13)OCCO4)-c1cc3c(c(=O)n1C2)COC(=O)C3(O)CC. The second kappa shape index (κ2) is 11.7. The molecule has 1 aromatic carbocycles. The Balaban J connectivity index is 0.000000830. The number of fused-ring (bicyclic) bond motifs is 6. The number of carbonyl (C=O) groups excluding carboxylic acids is 1. The molecule has 0 amide bonds. The van der Waals surface area contributed by atoms with Crippen molar-refractivity contribution in [1.29, 1.82) is 0 Å². The number of cyclic esters (lactones) is 1. The Labute approximate surface area is 243 Å². The van der Waals surface area contributed by atoms with Gasteiger partial charge >= 0.3 is 5.97 Å². The maximum atomic E-state index is 13.6. The van der Waals surface area contributed by atoms with Crippen molar-refractivity contribution in [2.45, 2.75) is 65.7 Å². The third kappa shape index (κ3) is 5.22. The lowest BCUT2D eigenvalue weighted by Crippen LogP contribution is -2.44. The lowest BCUT2D eigenvalue weighted by molar-refractivity contribution is -0.172. The zero-order chi connectivity index (χ0) is 30.2. The molecular weight excluding hydrogens is 542 g/mol. The van der Waals surface area contributed by atoms with E-state index in [4.69, 9.17) is 29.1 Å². The minimum absolute atomic E-state index is 0.107. The Morgan fingerprint density at radius 2 is 1.81 bits per heavy atom. The van der Waals surface area contributed by atoms with E-state index in [1.54, 1.807) is 17.6 Å². The van der Waals surface area contributed by atoms with E-state index >= 15 is 0 Å². The maximum absolute atomic E-state index is 13.6. The first kappa shape index (κ1) is 29.5. The van der Waals surface area contributed by atoms with E-state index in [0.29, 0.717) is 59.7 Å². The van der Waals surface area contributed by atoms with Crippen LogP contribution in [0.5, 0.6) is 11.5 Å². The number of hydrogen-bond acceptors (Lipinski definition) is 9. The van der Waals surface area contributed by atoms with Crippen LogP contribution in [-0.2, 0) is 39.5 Å². The molecule has 0 spiro atoms. The van der Waals surface area contributed by atoms with Crippen molar-refractivity contribution in [3.63, 3.8) is 0 Å². The molecule has 3 aromatic rings. The highest BCUT2D eigenvalue weighted by atomic mass is 16.6. The Morgan fingerprint density at radius 3 is 2.48 bits per heavy atom. The highest BCUT2D eigenvalue weighted by Crippen LogP contribution is 2.42. The summed E-state index contributed by atoms with van der Waals surface area (Å²) in [6, 6.07) is 5.66. The molecule has 0 aliphatic carbocycles. The van der Waals surface area contributed by atoms with Crippen molar-refractivity contribution in [3.05, 3.63) is 50.8 Å². The van der Waals surface area contributed by atoms with Crippen molar-refractivity contribution in [2.24, 2.45) is 5.92 Å². The first-order valence-electron chi connectivity index (χ1n) is 14.4. The number of pyridine rings is 2. The minimum Gasteiger partial charge on any atom is -0.486 e. The lowest BCUT2D eigenvalue weighted by atomic mass is 9.86. The standard InChI is InChI=1S/C29H33N3O6.C2H4O2/c1-4-16(3)13-30-7-6-17-18-10-24-25(37-9-8-36-24)12-22(18)31-26-19(17)14-32-23(26)11-21-20(27(32)33)15-38-28(34)29(21,35)5-2;1-2(3)4/h10-12,16,30,35H,4-9,13-15H2,1-3H3;1H3,(H,3,4). The van der Waals surface area contributed by atoms with E-state index in [9.17, 15) is 14.7 Å². The summed E-state index contributed by atoms with van der Waals surface area (Å²) in [4.78, 5) is 40.2. The van der Waals surface area contributed by atoms with Crippen LogP contribution in [0.25, 0.3) is 22.3 Å². The monoisotopic (exact) mass is 579 g/mol. The molecule has 3 aliphatic heterocycles. The van der Waals surface area contributed by atoms with Gasteiger partial charge < -0.3 is 34.3 Å². The molecule has 2 aromatic heterocycles. The molecule has 224 valence electrons. The number of rotatable bonds is 7. The zero-order valence-electron chi connectivity index (χ0n) is 24.4. The first-order valence-corrected chi connectivity index (χ1v) is 14.4. The van der Waals surface area contributed by atoms with E-state index in [1.807, 2.05) is 12.1 Å². The van der Waals surface area contributed by atoms with E-state index in [-0.39, 0.29) is 18.6 Å². The van der Waals surface area contributed by atoms with Gasteiger partial charge in [-0.25, -0.2) is 9.78 Å². The molecular formula is C31H37N3O8. The highest BCUT2D eigenvalue weighted by Gasteiger charge is 2.45. The van der Waals surface area contributed by atoms with Gasteiger partial charge in [0.1, 0.15) is 19.8 Å². The van der Waals surface area contributed by atoms with Gasteiger partial charge in [-0.3, -0.25) is 9.59 Å². The van der Waals surface area contributed by atoms with Crippen LogP contribution in [0, 0.1) is 5.92 Å². The molecule has 0 saturated carbocycles. The van der Waals surface area contributed by atoms with Gasteiger partial charge in [-0.2, -0.15) is 0 Å². The summed E-state index contributed by atoms with van der Waals surface area (Å²) in [6.45, 7) is 10.1. The second-order valence-electron chi connectivity index (χ2n) is 11.0. The van der Waals surface area contributed by atoms with E-state index in [2.05, 4.69) is 19.2 Å². The molecule has 3 N–H and O–H groups in total. The Morgan fingerprint density at radius 1 is 1.12 bits per heavy atom. The fraction of sp³-hybridized carbons (Fsp3) is 0.484. The molecule has 2 unspecified atom stereocenters. The normalized spacial score (nSPS) is 18.7. The number of nitrogens with one attached hydrogen (secondary N) is 1. The molecule has 6 rings (SSSR count). The second-order valence-corrected chi connectivity index (χ2v) is 11.0. The zero-order valence-corrected chi connectivity index (χ0v) is 24.4. The predicted molar refractivity (Wildman–Crippen MR) is 155 cm³/mol. The minimum atomic E-state index is -1.85. The summed E-state index contributed by atoms with van der Waals surface area (Å²) in [7, 11) is 0. The van der Waals surface area contributed by atoms with Crippen molar-refractivity contribution >= 4 is 22.8 Å². The summed E-state index contributed by atoms with van der Waals surface area (Å²) in [6.07, 6.45) is 1.97. The summed E-state index contributed by atoms with van der Waals surface area (Å²) in [5.41, 5.74) is 2.68. The molecule has 11 heteroatoms. The number of aliphatic carboxylic acids is 1. The van der Waals surface area contributed by atoms with Crippen LogP contribution in [0.15, 0.2) is 23.0 Å². The molecule has 0 bridgehead atoms. The number of carbonyl (C=O) groups is 2. The summed E-state index contributed by atoms with van der Waals surface area (Å²) >= 11 is 0. The van der Waals surface area contributed by atoms with Crippen LogP contribution in [0.1, 0.15) is 62.8 Å². The third-order valence-electron chi connectivity index (χ3n) is 8.21. The molecule has 0 radical (unpaired) electrons. The number of carboxylic acids is 1. The van der Waals surface area contributed by atoms with Gasteiger partial charge in [0, 0.05) is 29.5 Å². The molecule has 42 heavy (non-hydrogen) atoms. The predicted octanol–water partition coefficient (Wildman–Crippen LogP) is 3.12. The smallest absolute Gasteiger partial charge is 0.343 e. The largest absolute Gasteiger partial charge is 0.486 e. The van der Waals surface area contributed by atoms with Crippen molar-refractivity contribution in [1.82, 2.24) is 14.9 Å². The van der Waals surface area contributed by atoms with E-state index in [1.165, 1.54) is 0 Å². The molecule has 5 heterocycles. The highest BCUT2D eigenvalue weighted by molar-refractivity contribution is 5.91. The van der Waals surface area contributed by atoms with Crippen LogP contribution in [0.2, 0.25) is 0 Å². The van der Waals surface area contributed by atoms with Crippen LogP contribution in [-0.4, -0.2) is 58.0 Å². The van der Waals surface area contributed by atoms with Gasteiger partial charge in [0.25, 0.3) is 11.5 Å². The van der Waals surface area contributed by atoms with Crippen LogP contribution < -0.4 is 20.3 Å². The molecule has 11 nitrogen and oxygen atoms in total. The van der Waals surface area contributed by atoms with Crippen LogP contribution in [0.3, 0.4) is 0 Å². The van der Waals surface area contributed by atoms with Gasteiger partial charge in [-0.15, -0.1) is 0 Å². The molecule has 0 fully saturated rings. The Hall–Kier alpha value is -3.96. The molecule has 3 aliphatic rings. The number of ether oxygens (including phenoxy) is 3. The first-order chi connectivity index (χ1) is 20.1. The van der Waals surface area contributed by atoms with Gasteiger partial charge in [0.05, 0.1) is 29.0 Å². The van der Waals surface area contributed by atoms with Crippen molar-refractivity contribution < 1.29 is 34.0 Å². The lowest BCUT2D eigenvalue weighted by Gasteiger charge is -2.31. The van der Waals surface area contributed by atoms with Crippen LogP contribution >= 0.6 is 0 Å². The number of esters is 1. The number of aromatic nitrogens is 2. The van der Waals surface area contributed by atoms with Gasteiger partial charge in [-0.05, 0) is 49.5 Å². The Kier molecular flexibility index (Phi) is 8.25. The van der Waals surface area contributed by atoms with E-state index in [0.717, 1.165) is 54.9 Å². The average molecular weight is 580 g/mol. The fourth-order valence-corrected chi connectivity index (χ4v) is 5.69. The number of hydrogen-bond donors (Lipinski definition) is 3. The van der Waals surface area contributed by atoms with Gasteiger partial charge in [-0.1, -0.05) is 27.2 Å². The Bertz CT molecular complexity index is 1610. The summed E-state index contributed by atoms with van der Waals surface area (Å²) in [5.74, 6) is 0.384. The number of benzene rings is 1. The third-order valence-corrected chi connectivity index (χ3v) is 8.21. The average Bonchev–Trinajstić information content (AvgIpc) is 3.34. The molecule has 0 saturated heterocycles. The van der Waals surface area contributed by atoms with E-state index < -0.39 is 17.5 Å².